The summed E-state index contributed by atoms with van der Waals surface area (Å²) in [6.45, 7) is 0.237. The van der Waals surface area contributed by atoms with Crippen molar-refractivity contribution < 1.29 is 19.1 Å². The number of rotatable bonds is 9. The highest BCUT2D eigenvalue weighted by molar-refractivity contribution is 9.09. The van der Waals surface area contributed by atoms with Crippen LogP contribution in [0.25, 0.3) is 0 Å². The van der Waals surface area contributed by atoms with Gasteiger partial charge in [-0.2, -0.15) is 0 Å². The fraction of sp³-hybridized carbons (Fsp3) is 0.786. The molecule has 1 atom stereocenters. The van der Waals surface area contributed by atoms with Crippen molar-refractivity contribution in [3.63, 3.8) is 0 Å². The van der Waals surface area contributed by atoms with Crippen LogP contribution in [0.1, 0.15) is 44.9 Å². The van der Waals surface area contributed by atoms with E-state index in [-0.39, 0.29) is 29.5 Å². The Balaban J connectivity index is 2.35. The van der Waals surface area contributed by atoms with Crippen molar-refractivity contribution in [2.24, 2.45) is 11.7 Å². The Morgan fingerprint density at radius 3 is 2.48 bits per heavy atom. The molecule has 1 fully saturated rings. The summed E-state index contributed by atoms with van der Waals surface area (Å²) >= 11 is 3.14. The summed E-state index contributed by atoms with van der Waals surface area (Å²) in [7, 11) is 0. The van der Waals surface area contributed by atoms with Gasteiger partial charge in [0, 0.05) is 5.92 Å². The minimum Gasteiger partial charge on any atom is -0.450 e. The van der Waals surface area contributed by atoms with E-state index < -0.39 is 12.1 Å². The third-order valence-electron chi connectivity index (χ3n) is 3.69. The maximum Gasteiger partial charge on any atom is 0.404 e. The van der Waals surface area contributed by atoms with Gasteiger partial charge in [-0.1, -0.05) is 28.8 Å². The third-order valence-corrected chi connectivity index (χ3v) is 4.25. The maximum atomic E-state index is 12.1. The van der Waals surface area contributed by atoms with Gasteiger partial charge < -0.3 is 15.8 Å². The quantitative estimate of drug-likeness (QED) is 0.483. The van der Waals surface area contributed by atoms with Crippen molar-refractivity contribution in [3.05, 3.63) is 0 Å². The van der Waals surface area contributed by atoms with Crippen LogP contribution in [0.15, 0.2) is 0 Å². The van der Waals surface area contributed by atoms with Gasteiger partial charge in [0.2, 0.25) is 5.91 Å². The van der Waals surface area contributed by atoms with Crippen LogP contribution in [0.4, 0.5) is 4.79 Å². The molecule has 2 amide bonds. The van der Waals surface area contributed by atoms with Gasteiger partial charge in [0.1, 0.15) is 0 Å². The minimum absolute atomic E-state index is 0.0137. The molecule has 1 rings (SSSR count). The van der Waals surface area contributed by atoms with Crippen LogP contribution < -0.4 is 11.1 Å². The Morgan fingerprint density at radius 1 is 1.24 bits per heavy atom. The highest BCUT2D eigenvalue weighted by atomic mass is 79.9. The number of amides is 2. The predicted molar refractivity (Wildman–Crippen MR) is 82.1 cm³/mol. The molecule has 0 aromatic rings. The van der Waals surface area contributed by atoms with E-state index in [0.717, 1.165) is 25.7 Å². The largest absolute Gasteiger partial charge is 0.450 e. The molecule has 0 aromatic heterocycles. The number of Topliss-reactive ketones (excluding diaryl/α,β-unsaturated/α-hetero) is 1. The van der Waals surface area contributed by atoms with E-state index in [1.54, 1.807) is 0 Å². The van der Waals surface area contributed by atoms with Gasteiger partial charge in [-0.3, -0.25) is 9.59 Å². The van der Waals surface area contributed by atoms with E-state index in [1.807, 2.05) is 0 Å². The second-order valence-electron chi connectivity index (χ2n) is 5.31. The number of ketones is 1. The molecule has 1 aliphatic rings. The van der Waals surface area contributed by atoms with Crippen molar-refractivity contribution in [3.8, 4) is 0 Å². The number of halogens is 1. The zero-order valence-electron chi connectivity index (χ0n) is 12.1. The standard InChI is InChI=1S/C14H23BrN2O4/c15-9-12(18)11(7-3-4-8-21-14(16)20)17-13(19)10-5-1-2-6-10/h10-11H,1-9H2,(H2,16,20)(H,17,19)/t11-/m0/s1. The van der Waals surface area contributed by atoms with Gasteiger partial charge in [0.15, 0.2) is 5.78 Å². The number of carbonyl (C=O) groups is 3. The lowest BCUT2D eigenvalue weighted by Crippen LogP contribution is -2.43. The predicted octanol–water partition coefficient (Wildman–Crippen LogP) is 1.89. The molecule has 120 valence electrons. The second kappa shape index (κ2) is 9.76. The molecule has 0 bridgehead atoms. The number of carbonyl (C=O) groups excluding carboxylic acids is 3. The highest BCUT2D eigenvalue weighted by Gasteiger charge is 2.26. The molecule has 1 aliphatic carbocycles. The summed E-state index contributed by atoms with van der Waals surface area (Å²) in [4.78, 5) is 34.4. The SMILES string of the molecule is NC(=O)OCCCC[C@H](NC(=O)C1CCCC1)C(=O)CBr. The number of hydrogen-bond acceptors (Lipinski definition) is 4. The molecule has 0 aliphatic heterocycles. The van der Waals surface area contributed by atoms with Crippen molar-refractivity contribution in [1.29, 1.82) is 0 Å². The molecule has 3 N–H and O–H groups in total. The number of nitrogens with one attached hydrogen (secondary N) is 1. The molecular formula is C14H23BrN2O4. The number of alkyl halides is 1. The molecule has 0 unspecified atom stereocenters. The molecule has 6 nitrogen and oxygen atoms in total. The van der Waals surface area contributed by atoms with Gasteiger partial charge in [-0.15, -0.1) is 0 Å². The molecule has 7 heteroatoms. The second-order valence-corrected chi connectivity index (χ2v) is 5.87. The average molecular weight is 363 g/mol. The summed E-state index contributed by atoms with van der Waals surface area (Å²) in [5, 5.41) is 3.08. The monoisotopic (exact) mass is 362 g/mol. The van der Waals surface area contributed by atoms with Crippen LogP contribution in [-0.4, -0.2) is 35.8 Å². The number of ether oxygens (including phenoxy) is 1. The van der Waals surface area contributed by atoms with E-state index in [0.29, 0.717) is 19.3 Å². The summed E-state index contributed by atoms with van der Waals surface area (Å²) in [6, 6.07) is -0.467. The van der Waals surface area contributed by atoms with E-state index in [9.17, 15) is 14.4 Å². The Bertz CT molecular complexity index is 370. The average Bonchev–Trinajstić information content (AvgIpc) is 2.98. The van der Waals surface area contributed by atoms with Crippen molar-refractivity contribution in [2.45, 2.75) is 51.0 Å². The highest BCUT2D eigenvalue weighted by Crippen LogP contribution is 2.25. The van der Waals surface area contributed by atoms with Crippen LogP contribution in [0.2, 0.25) is 0 Å². The Labute approximate surface area is 133 Å². The Hall–Kier alpha value is -1.11. The fourth-order valence-corrected chi connectivity index (χ4v) is 2.90. The van der Waals surface area contributed by atoms with Crippen molar-refractivity contribution in [2.75, 3.05) is 11.9 Å². The molecule has 0 radical (unpaired) electrons. The topological polar surface area (TPSA) is 98.5 Å². The van der Waals surface area contributed by atoms with Crippen molar-refractivity contribution >= 4 is 33.7 Å². The maximum absolute atomic E-state index is 12.1. The lowest BCUT2D eigenvalue weighted by atomic mass is 10.0. The molecule has 0 heterocycles. The number of nitrogens with two attached hydrogens (primary N) is 1. The lowest BCUT2D eigenvalue weighted by Gasteiger charge is -2.19. The van der Waals surface area contributed by atoms with E-state index >= 15 is 0 Å². The van der Waals surface area contributed by atoms with Crippen LogP contribution in [-0.2, 0) is 14.3 Å². The Kier molecular flexibility index (Phi) is 8.34. The molecule has 0 aromatic carbocycles. The molecule has 0 spiro atoms. The van der Waals surface area contributed by atoms with Gasteiger partial charge in [0.05, 0.1) is 18.0 Å². The zero-order chi connectivity index (χ0) is 15.7. The lowest BCUT2D eigenvalue weighted by molar-refractivity contribution is -0.129. The number of hydrogen-bond donors (Lipinski definition) is 2. The number of primary amides is 1. The molecule has 21 heavy (non-hydrogen) atoms. The first-order valence-corrected chi connectivity index (χ1v) is 8.48. The zero-order valence-corrected chi connectivity index (χ0v) is 13.7. The van der Waals surface area contributed by atoms with Crippen LogP contribution in [0, 0.1) is 5.92 Å². The van der Waals surface area contributed by atoms with Gasteiger partial charge in [0.25, 0.3) is 0 Å². The van der Waals surface area contributed by atoms with Gasteiger partial charge in [-0.25, -0.2) is 4.79 Å². The van der Waals surface area contributed by atoms with Gasteiger partial charge >= 0.3 is 6.09 Å². The summed E-state index contributed by atoms with van der Waals surface area (Å²) < 4.78 is 4.63. The van der Waals surface area contributed by atoms with E-state index in [4.69, 9.17) is 5.73 Å². The first-order valence-electron chi connectivity index (χ1n) is 7.36. The van der Waals surface area contributed by atoms with Gasteiger partial charge in [-0.05, 0) is 32.1 Å². The first-order chi connectivity index (χ1) is 10.0. The van der Waals surface area contributed by atoms with Crippen molar-refractivity contribution in [1.82, 2.24) is 5.32 Å². The third kappa shape index (κ3) is 6.93. The van der Waals surface area contributed by atoms with Crippen LogP contribution in [0.5, 0.6) is 0 Å². The summed E-state index contributed by atoms with van der Waals surface area (Å²) in [6.07, 6.45) is 5.04. The van der Waals surface area contributed by atoms with Crippen LogP contribution in [0.3, 0.4) is 0 Å². The van der Waals surface area contributed by atoms with E-state index in [1.165, 1.54) is 0 Å². The molecule has 1 saturated carbocycles. The smallest absolute Gasteiger partial charge is 0.404 e. The number of unbranched alkanes of at least 4 members (excludes halogenated alkanes) is 1. The Morgan fingerprint density at radius 2 is 1.90 bits per heavy atom. The first kappa shape index (κ1) is 17.9. The van der Waals surface area contributed by atoms with E-state index in [2.05, 4.69) is 26.0 Å². The fourth-order valence-electron chi connectivity index (χ4n) is 2.51. The molecule has 0 saturated heterocycles. The minimum atomic E-state index is -0.794. The normalized spacial score (nSPS) is 16.4. The summed E-state index contributed by atoms with van der Waals surface area (Å²) in [5.41, 5.74) is 4.86. The summed E-state index contributed by atoms with van der Waals surface area (Å²) in [5.74, 6) is 0.00572. The molecular weight excluding hydrogens is 340 g/mol. The van der Waals surface area contributed by atoms with Crippen LogP contribution >= 0.6 is 15.9 Å².